The number of nitrogens with one attached hydrogen (secondary N) is 1. The zero-order chi connectivity index (χ0) is 27.1. The molecule has 2 aliphatic rings. The maximum Gasteiger partial charge on any atom is 0.490 e. The molecule has 37 heavy (non-hydrogen) atoms. The molecule has 1 amide bonds. The van der Waals surface area contributed by atoms with E-state index in [9.17, 15) is 18.0 Å². The van der Waals surface area contributed by atoms with Crippen molar-refractivity contribution in [2.45, 2.75) is 37.3 Å². The highest BCUT2D eigenvalue weighted by atomic mass is 35.5. The standard InChI is InChI=1S/C23H26Cl2N2O3.C2HF3O2/c24-20-7-6-18(12-21(20)25)22(28)26-13-19-8-9-23(30-19)15-27(10-11-29-16-23)14-17-4-2-1-3-5-17;3-2(4,5)1(6)7/h1-7,12,19H,8-11,13-16H2,(H,26,28);(H,6,7)/t19-,23+;/m1./s1. The fourth-order valence-electron chi connectivity index (χ4n) is 4.17. The number of rotatable bonds is 5. The van der Waals surface area contributed by atoms with E-state index in [1.165, 1.54) is 5.56 Å². The highest BCUT2D eigenvalue weighted by Crippen LogP contribution is 2.33. The number of ether oxygens (including phenoxy) is 2. The topological polar surface area (TPSA) is 88.1 Å². The van der Waals surface area contributed by atoms with Gasteiger partial charge in [0.2, 0.25) is 0 Å². The quantitative estimate of drug-likeness (QED) is 0.544. The van der Waals surface area contributed by atoms with Crippen LogP contribution in [-0.4, -0.2) is 72.6 Å². The van der Waals surface area contributed by atoms with Crippen molar-refractivity contribution in [3.63, 3.8) is 0 Å². The predicted octanol–water partition coefficient (Wildman–Crippen LogP) is 4.81. The lowest BCUT2D eigenvalue weighted by Crippen LogP contribution is -2.45. The molecule has 12 heteroatoms. The Labute approximate surface area is 222 Å². The number of alkyl halides is 3. The Morgan fingerprint density at radius 3 is 2.49 bits per heavy atom. The molecule has 2 saturated heterocycles. The summed E-state index contributed by atoms with van der Waals surface area (Å²) in [6.07, 6.45) is -3.30. The normalized spacial score (nSPS) is 22.1. The van der Waals surface area contributed by atoms with Gasteiger partial charge in [0.05, 0.1) is 29.4 Å². The molecule has 0 bridgehead atoms. The molecule has 7 nitrogen and oxygen atoms in total. The van der Waals surface area contributed by atoms with Gasteiger partial charge in [0.1, 0.15) is 5.60 Å². The van der Waals surface area contributed by atoms with Crippen molar-refractivity contribution in [2.75, 3.05) is 32.8 Å². The molecule has 2 N–H and O–H groups in total. The smallest absolute Gasteiger partial charge is 0.475 e. The number of amides is 1. The van der Waals surface area contributed by atoms with Gasteiger partial charge < -0.3 is 19.9 Å². The number of halogens is 5. The summed E-state index contributed by atoms with van der Waals surface area (Å²) >= 11 is 11.9. The van der Waals surface area contributed by atoms with Crippen molar-refractivity contribution < 1.29 is 37.3 Å². The summed E-state index contributed by atoms with van der Waals surface area (Å²) in [4.78, 5) is 23.7. The lowest BCUT2D eigenvalue weighted by molar-refractivity contribution is -0.192. The Kier molecular flexibility index (Phi) is 10.2. The second-order valence-corrected chi connectivity index (χ2v) is 9.67. The van der Waals surface area contributed by atoms with Gasteiger partial charge in [0, 0.05) is 31.7 Å². The molecule has 2 aromatic rings. The zero-order valence-corrected chi connectivity index (χ0v) is 21.3. The van der Waals surface area contributed by atoms with Crippen LogP contribution in [0.3, 0.4) is 0 Å². The van der Waals surface area contributed by atoms with Crippen molar-refractivity contribution in [2.24, 2.45) is 0 Å². The second kappa shape index (κ2) is 12.9. The number of hydrogen-bond donors (Lipinski definition) is 2. The van der Waals surface area contributed by atoms with Crippen LogP contribution in [-0.2, 0) is 20.8 Å². The molecule has 0 unspecified atom stereocenters. The van der Waals surface area contributed by atoms with Crippen molar-refractivity contribution in [3.8, 4) is 0 Å². The van der Waals surface area contributed by atoms with E-state index in [0.29, 0.717) is 35.4 Å². The number of hydrogen-bond acceptors (Lipinski definition) is 5. The van der Waals surface area contributed by atoms with Gasteiger partial charge in [-0.05, 0) is 36.6 Å². The fraction of sp³-hybridized carbons (Fsp3) is 0.440. The van der Waals surface area contributed by atoms with Crippen LogP contribution in [0.25, 0.3) is 0 Å². The molecule has 0 aliphatic carbocycles. The maximum absolute atomic E-state index is 12.4. The largest absolute Gasteiger partial charge is 0.490 e. The third-order valence-corrected chi connectivity index (χ3v) is 6.67. The highest BCUT2D eigenvalue weighted by Gasteiger charge is 2.43. The summed E-state index contributed by atoms with van der Waals surface area (Å²) in [5.74, 6) is -2.94. The monoisotopic (exact) mass is 562 g/mol. The number of aliphatic carboxylic acids is 1. The third-order valence-electron chi connectivity index (χ3n) is 5.93. The molecule has 202 valence electrons. The first-order valence-electron chi connectivity index (χ1n) is 11.5. The van der Waals surface area contributed by atoms with Crippen LogP contribution >= 0.6 is 23.2 Å². The van der Waals surface area contributed by atoms with E-state index >= 15 is 0 Å². The van der Waals surface area contributed by atoms with Crippen molar-refractivity contribution in [1.82, 2.24) is 10.2 Å². The third kappa shape index (κ3) is 8.86. The summed E-state index contributed by atoms with van der Waals surface area (Å²) < 4.78 is 44.1. The minimum atomic E-state index is -5.08. The van der Waals surface area contributed by atoms with E-state index in [4.69, 9.17) is 42.6 Å². The van der Waals surface area contributed by atoms with E-state index in [0.717, 1.165) is 32.5 Å². The molecule has 4 rings (SSSR count). The molecule has 1 spiro atoms. The highest BCUT2D eigenvalue weighted by molar-refractivity contribution is 6.42. The van der Waals surface area contributed by atoms with Crippen molar-refractivity contribution >= 4 is 35.1 Å². The fourth-order valence-corrected chi connectivity index (χ4v) is 4.47. The molecular formula is C25H27Cl2F3N2O5. The number of benzene rings is 2. The maximum atomic E-state index is 12.4. The zero-order valence-electron chi connectivity index (χ0n) is 19.8. The lowest BCUT2D eigenvalue weighted by Gasteiger charge is -2.32. The predicted molar refractivity (Wildman–Crippen MR) is 132 cm³/mol. The summed E-state index contributed by atoms with van der Waals surface area (Å²) in [7, 11) is 0. The second-order valence-electron chi connectivity index (χ2n) is 8.85. The van der Waals surface area contributed by atoms with Gasteiger partial charge >= 0.3 is 12.1 Å². The summed E-state index contributed by atoms with van der Waals surface area (Å²) in [5, 5.41) is 10.9. The molecular weight excluding hydrogens is 536 g/mol. The van der Waals surface area contributed by atoms with Gasteiger partial charge in [0.15, 0.2) is 0 Å². The minimum absolute atomic E-state index is 0.0306. The Bertz CT molecular complexity index is 1070. The summed E-state index contributed by atoms with van der Waals surface area (Å²) in [5.41, 5.74) is 1.46. The number of carbonyl (C=O) groups is 2. The van der Waals surface area contributed by atoms with Gasteiger partial charge in [0.25, 0.3) is 5.91 Å². The van der Waals surface area contributed by atoms with Crippen LogP contribution in [0.2, 0.25) is 10.0 Å². The van der Waals surface area contributed by atoms with Crippen LogP contribution in [0.1, 0.15) is 28.8 Å². The van der Waals surface area contributed by atoms with Gasteiger partial charge in [-0.2, -0.15) is 13.2 Å². The number of carbonyl (C=O) groups excluding carboxylic acids is 1. The van der Waals surface area contributed by atoms with Gasteiger partial charge in [-0.1, -0.05) is 53.5 Å². The minimum Gasteiger partial charge on any atom is -0.475 e. The van der Waals surface area contributed by atoms with Gasteiger partial charge in [-0.25, -0.2) is 4.79 Å². The average Bonchev–Trinajstić information content (AvgIpc) is 3.14. The summed E-state index contributed by atoms with van der Waals surface area (Å²) in [6, 6.07) is 15.3. The Hall–Kier alpha value is -2.37. The van der Waals surface area contributed by atoms with E-state index in [2.05, 4.69) is 34.5 Å². The SMILES string of the molecule is O=C(NC[C@H]1CC[C@]2(COCCN(Cc3ccccc3)C2)O1)c1ccc(Cl)c(Cl)c1.O=C(O)C(F)(F)F. The number of carboxylic acid groups (broad SMARTS) is 1. The number of nitrogens with zero attached hydrogens (tertiary/aromatic N) is 1. The Morgan fingerprint density at radius 2 is 1.84 bits per heavy atom. The van der Waals surface area contributed by atoms with E-state index in [1.807, 2.05) is 6.07 Å². The van der Waals surface area contributed by atoms with Crippen LogP contribution in [0.5, 0.6) is 0 Å². The molecule has 2 aliphatic heterocycles. The summed E-state index contributed by atoms with van der Waals surface area (Å²) in [6.45, 7) is 4.36. The van der Waals surface area contributed by atoms with E-state index in [1.54, 1.807) is 18.2 Å². The first kappa shape index (κ1) is 29.2. The van der Waals surface area contributed by atoms with Crippen LogP contribution in [0.4, 0.5) is 13.2 Å². The lowest BCUT2D eigenvalue weighted by atomic mass is 10.00. The molecule has 0 saturated carbocycles. The molecule has 2 heterocycles. The Morgan fingerprint density at radius 1 is 1.14 bits per heavy atom. The van der Waals surface area contributed by atoms with E-state index in [-0.39, 0.29) is 17.6 Å². The molecule has 0 radical (unpaired) electrons. The van der Waals surface area contributed by atoms with Crippen LogP contribution in [0.15, 0.2) is 48.5 Å². The van der Waals surface area contributed by atoms with Gasteiger partial charge in [-0.3, -0.25) is 9.69 Å². The molecule has 2 fully saturated rings. The first-order valence-corrected chi connectivity index (χ1v) is 12.3. The average molecular weight is 563 g/mol. The van der Waals surface area contributed by atoms with Crippen molar-refractivity contribution in [3.05, 3.63) is 69.7 Å². The molecule has 2 atom stereocenters. The molecule has 2 aromatic carbocycles. The number of carboxylic acids is 1. The van der Waals surface area contributed by atoms with Crippen LogP contribution < -0.4 is 5.32 Å². The Balaban J connectivity index is 0.000000479. The first-order chi connectivity index (χ1) is 17.5. The van der Waals surface area contributed by atoms with Gasteiger partial charge in [-0.15, -0.1) is 0 Å². The van der Waals surface area contributed by atoms with Crippen molar-refractivity contribution in [1.29, 1.82) is 0 Å². The molecule has 0 aromatic heterocycles. The van der Waals surface area contributed by atoms with Crippen LogP contribution in [0, 0.1) is 0 Å². The van der Waals surface area contributed by atoms with E-state index < -0.39 is 12.1 Å².